The molecule has 1 saturated carbocycles. The molecule has 0 bridgehead atoms. The average Bonchev–Trinajstić information content (AvgIpc) is 3.34. The van der Waals surface area contributed by atoms with Crippen LogP contribution in [0.3, 0.4) is 0 Å². The van der Waals surface area contributed by atoms with Crippen LogP contribution in [0.1, 0.15) is 75.0 Å². The van der Waals surface area contributed by atoms with E-state index >= 15 is 0 Å². The molecule has 0 aromatic heterocycles. The number of halogens is 1. The standard InChI is InChI=1S/C37H44FN3O6/c1-3-46-35(44)37-19-26(37)13-7-5-4-6-8-16-31(39-27-14-9-11-24(2)17-27)34(43)41-22-28(18-32(41)33(42)20-37)47-36(45)40-21-25-12-10-15-30(38)29(25)23-40/h7,9-15,17,26,28,31-32,39H,3-6,8,16,18-23H2,1-2H3/b13-7-/t26-,28+,31-,32-,37+/m0/s1. The van der Waals surface area contributed by atoms with Crippen LogP contribution in [0, 0.1) is 24.1 Å². The number of aryl methyl sites for hydroxylation is 1. The van der Waals surface area contributed by atoms with E-state index < -0.39 is 29.7 Å². The minimum Gasteiger partial charge on any atom is -0.466 e. The summed E-state index contributed by atoms with van der Waals surface area (Å²) in [6, 6.07) is 11.2. The molecule has 4 aliphatic rings. The third-order valence-electron chi connectivity index (χ3n) is 10.1. The van der Waals surface area contributed by atoms with Crippen LogP contribution in [0.4, 0.5) is 14.9 Å². The third-order valence-corrected chi connectivity index (χ3v) is 10.1. The van der Waals surface area contributed by atoms with Gasteiger partial charge in [0.25, 0.3) is 0 Å². The Morgan fingerprint density at radius 3 is 2.70 bits per heavy atom. The highest BCUT2D eigenvalue weighted by Crippen LogP contribution is 2.57. The Labute approximate surface area is 275 Å². The van der Waals surface area contributed by atoms with E-state index in [4.69, 9.17) is 9.47 Å². The Balaban J connectivity index is 1.25. The fourth-order valence-electron chi connectivity index (χ4n) is 7.40. The fraction of sp³-hybridized carbons (Fsp3) is 0.514. The van der Waals surface area contributed by atoms with Gasteiger partial charge in [-0.3, -0.25) is 19.3 Å². The summed E-state index contributed by atoms with van der Waals surface area (Å²) in [4.78, 5) is 58.1. The third kappa shape index (κ3) is 7.06. The van der Waals surface area contributed by atoms with Gasteiger partial charge in [0, 0.05) is 30.6 Å². The number of ketones is 1. The SMILES string of the molecule is CCOC(=O)[C@]12CC(=O)[C@@H]3C[C@@H](OC(=O)N4Cc5cccc(F)c5C4)CN3C(=O)[C@@H](Nc3cccc(C)c3)CCCCC/C=C\[C@H]1C2. The van der Waals surface area contributed by atoms with Gasteiger partial charge in [-0.2, -0.15) is 0 Å². The monoisotopic (exact) mass is 645 g/mol. The molecule has 1 saturated heterocycles. The summed E-state index contributed by atoms with van der Waals surface area (Å²) in [5, 5.41) is 3.42. The maximum absolute atomic E-state index is 14.4. The van der Waals surface area contributed by atoms with Gasteiger partial charge < -0.3 is 19.7 Å². The second-order valence-electron chi connectivity index (χ2n) is 13.4. The van der Waals surface area contributed by atoms with E-state index in [9.17, 15) is 23.6 Å². The van der Waals surface area contributed by atoms with E-state index in [2.05, 4.69) is 11.4 Å². The summed E-state index contributed by atoms with van der Waals surface area (Å²) in [5.74, 6) is -1.31. The Morgan fingerprint density at radius 1 is 1.09 bits per heavy atom. The van der Waals surface area contributed by atoms with Crippen molar-refractivity contribution in [2.24, 2.45) is 11.3 Å². The van der Waals surface area contributed by atoms with Crippen LogP contribution in [0.5, 0.6) is 0 Å². The molecule has 1 aliphatic carbocycles. The van der Waals surface area contributed by atoms with E-state index in [0.717, 1.165) is 42.5 Å². The van der Waals surface area contributed by atoms with E-state index in [0.29, 0.717) is 18.4 Å². The maximum Gasteiger partial charge on any atom is 0.410 e. The van der Waals surface area contributed by atoms with Crippen LogP contribution in [0.2, 0.25) is 0 Å². The summed E-state index contributed by atoms with van der Waals surface area (Å²) < 4.78 is 25.7. The van der Waals surface area contributed by atoms with Crippen molar-refractivity contribution in [3.05, 3.63) is 77.1 Å². The molecule has 0 radical (unpaired) electrons. The smallest absolute Gasteiger partial charge is 0.410 e. The molecule has 6 rings (SSSR count). The normalized spacial score (nSPS) is 28.3. The number of esters is 1. The predicted octanol–water partition coefficient (Wildman–Crippen LogP) is 6.09. The molecule has 1 N–H and O–H groups in total. The van der Waals surface area contributed by atoms with Crippen LogP contribution < -0.4 is 5.32 Å². The molecule has 2 fully saturated rings. The molecule has 2 aromatic rings. The van der Waals surface area contributed by atoms with E-state index in [1.807, 2.05) is 37.3 Å². The average molecular weight is 646 g/mol. The summed E-state index contributed by atoms with van der Waals surface area (Å²) in [6.07, 6.45) is 7.54. The number of hydrogen-bond acceptors (Lipinski definition) is 7. The lowest BCUT2D eigenvalue weighted by molar-refractivity contribution is -0.152. The summed E-state index contributed by atoms with van der Waals surface area (Å²) in [5.41, 5.74) is 2.12. The fourth-order valence-corrected chi connectivity index (χ4v) is 7.40. The van der Waals surface area contributed by atoms with Crippen LogP contribution in [-0.2, 0) is 36.9 Å². The van der Waals surface area contributed by atoms with Crippen molar-refractivity contribution in [2.75, 3.05) is 18.5 Å². The maximum atomic E-state index is 14.4. The molecule has 5 atom stereocenters. The van der Waals surface area contributed by atoms with E-state index in [1.54, 1.807) is 24.0 Å². The van der Waals surface area contributed by atoms with Gasteiger partial charge in [0.2, 0.25) is 5.91 Å². The quantitative estimate of drug-likeness (QED) is 0.310. The molecule has 2 aromatic carbocycles. The van der Waals surface area contributed by atoms with Crippen molar-refractivity contribution in [1.29, 1.82) is 0 Å². The zero-order valence-corrected chi connectivity index (χ0v) is 27.2. The number of allylic oxidation sites excluding steroid dienone is 2. The minimum atomic E-state index is -0.947. The molecule has 9 nitrogen and oxygen atoms in total. The molecule has 0 unspecified atom stereocenters. The van der Waals surface area contributed by atoms with Gasteiger partial charge in [-0.05, 0) is 74.8 Å². The van der Waals surface area contributed by atoms with Gasteiger partial charge in [-0.25, -0.2) is 9.18 Å². The van der Waals surface area contributed by atoms with E-state index in [-0.39, 0.29) is 68.5 Å². The first-order valence-corrected chi connectivity index (χ1v) is 16.9. The molecule has 0 spiro atoms. The number of nitrogens with one attached hydrogen (secondary N) is 1. The summed E-state index contributed by atoms with van der Waals surface area (Å²) in [6.45, 7) is 4.33. The van der Waals surface area contributed by atoms with Crippen molar-refractivity contribution >= 4 is 29.4 Å². The number of benzene rings is 2. The Kier molecular flexibility index (Phi) is 9.66. The van der Waals surface area contributed by atoms with Crippen LogP contribution in [0.25, 0.3) is 0 Å². The molecule has 47 heavy (non-hydrogen) atoms. The van der Waals surface area contributed by atoms with Crippen molar-refractivity contribution < 1.29 is 33.0 Å². The molecule has 3 heterocycles. The lowest BCUT2D eigenvalue weighted by Crippen LogP contribution is -2.48. The van der Waals surface area contributed by atoms with Gasteiger partial charge in [0.15, 0.2) is 5.78 Å². The molecular weight excluding hydrogens is 601 g/mol. The van der Waals surface area contributed by atoms with Crippen molar-refractivity contribution in [2.45, 2.75) is 96.5 Å². The van der Waals surface area contributed by atoms with Gasteiger partial charge in [0.1, 0.15) is 18.0 Å². The Bertz CT molecular complexity index is 1560. The number of carbonyl (C=O) groups excluding carboxylic acids is 4. The van der Waals surface area contributed by atoms with E-state index in [1.165, 1.54) is 11.0 Å². The first-order chi connectivity index (χ1) is 22.7. The first kappa shape index (κ1) is 32.7. The number of ether oxygens (including phenoxy) is 2. The lowest BCUT2D eigenvalue weighted by Gasteiger charge is -2.30. The second-order valence-corrected chi connectivity index (χ2v) is 13.4. The number of rotatable bonds is 5. The first-order valence-electron chi connectivity index (χ1n) is 16.9. The molecule has 2 amide bonds. The zero-order chi connectivity index (χ0) is 33.1. The minimum absolute atomic E-state index is 0.0490. The Morgan fingerprint density at radius 2 is 1.91 bits per heavy atom. The van der Waals surface area contributed by atoms with Gasteiger partial charge >= 0.3 is 12.1 Å². The van der Waals surface area contributed by atoms with Crippen molar-refractivity contribution in [1.82, 2.24) is 9.80 Å². The zero-order valence-electron chi connectivity index (χ0n) is 27.2. The number of nitrogens with zero attached hydrogens (tertiary/aromatic N) is 2. The van der Waals surface area contributed by atoms with Crippen LogP contribution in [-0.4, -0.2) is 64.9 Å². The summed E-state index contributed by atoms with van der Waals surface area (Å²) in [7, 11) is 0. The predicted molar refractivity (Wildman–Crippen MR) is 174 cm³/mol. The largest absolute Gasteiger partial charge is 0.466 e. The van der Waals surface area contributed by atoms with Crippen LogP contribution in [0.15, 0.2) is 54.6 Å². The Hall–Kier alpha value is -4.21. The van der Waals surface area contributed by atoms with Crippen molar-refractivity contribution in [3.8, 4) is 0 Å². The van der Waals surface area contributed by atoms with Gasteiger partial charge in [0.05, 0.1) is 31.2 Å². The number of fused-ring (bicyclic) bond motifs is 3. The van der Waals surface area contributed by atoms with Crippen LogP contribution >= 0.6 is 0 Å². The number of hydrogen-bond donors (Lipinski definition) is 1. The van der Waals surface area contributed by atoms with Gasteiger partial charge in [-0.1, -0.05) is 49.3 Å². The highest BCUT2D eigenvalue weighted by atomic mass is 19.1. The highest BCUT2D eigenvalue weighted by molar-refractivity contribution is 5.96. The number of Topliss-reactive ketones (excluding diaryl/α,β-unsaturated/α-hetero) is 1. The molecular formula is C37H44FN3O6. The lowest BCUT2D eigenvalue weighted by atomic mass is 9.91. The summed E-state index contributed by atoms with van der Waals surface area (Å²) >= 11 is 0. The molecule has 10 heteroatoms. The topological polar surface area (TPSA) is 105 Å². The molecule has 250 valence electrons. The van der Waals surface area contributed by atoms with Gasteiger partial charge in [-0.15, -0.1) is 0 Å². The second kappa shape index (κ2) is 13.9. The van der Waals surface area contributed by atoms with Crippen molar-refractivity contribution in [3.63, 3.8) is 0 Å². The number of anilines is 1. The molecule has 3 aliphatic heterocycles. The highest BCUT2D eigenvalue weighted by Gasteiger charge is 2.61. The number of carbonyl (C=O) groups is 4. The number of amides is 2.